The summed E-state index contributed by atoms with van der Waals surface area (Å²) in [5.41, 5.74) is 2.70. The zero-order valence-corrected chi connectivity index (χ0v) is 14.4. The predicted molar refractivity (Wildman–Crippen MR) is 83.5 cm³/mol. The van der Waals surface area contributed by atoms with Crippen LogP contribution in [0.25, 0.3) is 0 Å². The van der Waals surface area contributed by atoms with Crippen molar-refractivity contribution in [1.82, 2.24) is 9.78 Å². The molecule has 0 bridgehead atoms. The highest BCUT2D eigenvalue weighted by atomic mass is 79.9. The maximum atomic E-state index is 10.4. The lowest BCUT2D eigenvalue weighted by Gasteiger charge is -2.13. The number of nitrogens with zero attached hydrogens (tertiary/aromatic N) is 2. The van der Waals surface area contributed by atoms with Crippen LogP contribution in [0.2, 0.25) is 5.02 Å². The zero-order valence-electron chi connectivity index (χ0n) is 10.5. The van der Waals surface area contributed by atoms with E-state index in [0.717, 1.165) is 25.9 Å². The van der Waals surface area contributed by atoms with Gasteiger partial charge in [-0.15, -0.1) is 0 Å². The number of hydrogen-bond donors (Lipinski definition) is 1. The molecular formula is C13H13Br2ClN2O. The van der Waals surface area contributed by atoms with Crippen LogP contribution in [0.1, 0.15) is 23.1 Å². The molecule has 1 N–H and O–H groups in total. The van der Waals surface area contributed by atoms with E-state index in [1.807, 2.05) is 20.0 Å². The van der Waals surface area contributed by atoms with Gasteiger partial charge in [0.1, 0.15) is 0 Å². The summed E-state index contributed by atoms with van der Waals surface area (Å²) in [6.45, 7) is 1.93. The maximum Gasteiger partial charge on any atom is 0.0856 e. The SMILES string of the molecule is Cc1nn(C)c(CC(O)c2ccc(Cl)cc2Br)c1Br. The summed E-state index contributed by atoms with van der Waals surface area (Å²) >= 11 is 12.8. The number of aromatic nitrogens is 2. The van der Waals surface area contributed by atoms with Crippen molar-refractivity contribution in [3.05, 3.63) is 49.1 Å². The van der Waals surface area contributed by atoms with E-state index in [9.17, 15) is 5.11 Å². The molecule has 6 heteroatoms. The summed E-state index contributed by atoms with van der Waals surface area (Å²) in [4.78, 5) is 0. The summed E-state index contributed by atoms with van der Waals surface area (Å²) < 4.78 is 3.54. The molecule has 19 heavy (non-hydrogen) atoms. The first-order valence-corrected chi connectivity index (χ1v) is 7.67. The Balaban J connectivity index is 2.28. The van der Waals surface area contributed by atoms with Crippen molar-refractivity contribution in [2.45, 2.75) is 19.4 Å². The molecular weight excluding hydrogens is 395 g/mol. The molecule has 0 aliphatic carbocycles. The third-order valence-corrected chi connectivity index (χ3v) is 4.92. The van der Waals surface area contributed by atoms with Crippen LogP contribution in [0, 0.1) is 6.92 Å². The summed E-state index contributed by atoms with van der Waals surface area (Å²) in [5.74, 6) is 0. The fourth-order valence-electron chi connectivity index (χ4n) is 1.97. The van der Waals surface area contributed by atoms with E-state index in [0.29, 0.717) is 11.4 Å². The second-order valence-electron chi connectivity index (χ2n) is 4.36. The molecule has 0 radical (unpaired) electrons. The molecule has 1 aromatic carbocycles. The Morgan fingerprint density at radius 3 is 2.63 bits per heavy atom. The van der Waals surface area contributed by atoms with E-state index in [1.165, 1.54) is 0 Å². The fraction of sp³-hybridized carbons (Fsp3) is 0.308. The molecule has 0 spiro atoms. The number of hydrogen-bond acceptors (Lipinski definition) is 2. The van der Waals surface area contributed by atoms with E-state index < -0.39 is 6.10 Å². The second-order valence-corrected chi connectivity index (χ2v) is 6.44. The van der Waals surface area contributed by atoms with Gasteiger partial charge >= 0.3 is 0 Å². The molecule has 0 fully saturated rings. The Bertz CT molecular complexity index is 613. The van der Waals surface area contributed by atoms with Gasteiger partial charge in [0.2, 0.25) is 0 Å². The van der Waals surface area contributed by atoms with E-state index >= 15 is 0 Å². The van der Waals surface area contributed by atoms with Crippen LogP contribution < -0.4 is 0 Å². The van der Waals surface area contributed by atoms with Crippen LogP contribution in [0.5, 0.6) is 0 Å². The molecule has 2 rings (SSSR count). The standard InChI is InChI=1S/C13H13Br2ClN2O/c1-7-13(15)11(18(2)17-7)6-12(19)9-4-3-8(16)5-10(9)14/h3-5,12,19H,6H2,1-2H3. The number of aliphatic hydroxyl groups is 1. The average molecular weight is 409 g/mol. The van der Waals surface area contributed by atoms with Gasteiger partial charge < -0.3 is 5.11 Å². The topological polar surface area (TPSA) is 38.0 Å². The Morgan fingerprint density at radius 2 is 2.11 bits per heavy atom. The van der Waals surface area contributed by atoms with Gasteiger partial charge in [-0.25, -0.2) is 0 Å². The lowest BCUT2D eigenvalue weighted by Crippen LogP contribution is -2.07. The smallest absolute Gasteiger partial charge is 0.0856 e. The van der Waals surface area contributed by atoms with Gasteiger partial charge in [-0.3, -0.25) is 4.68 Å². The van der Waals surface area contributed by atoms with Crippen LogP contribution in [0.4, 0.5) is 0 Å². The van der Waals surface area contributed by atoms with Crippen LogP contribution in [0.3, 0.4) is 0 Å². The normalized spacial score (nSPS) is 12.7. The first-order chi connectivity index (χ1) is 8.90. The van der Waals surface area contributed by atoms with Crippen LogP contribution in [-0.2, 0) is 13.5 Å². The summed E-state index contributed by atoms with van der Waals surface area (Å²) in [5, 5.41) is 15.3. The van der Waals surface area contributed by atoms with Crippen molar-refractivity contribution in [2.75, 3.05) is 0 Å². The Labute approximate surface area is 133 Å². The van der Waals surface area contributed by atoms with Gasteiger partial charge in [0.25, 0.3) is 0 Å². The molecule has 0 saturated carbocycles. The molecule has 3 nitrogen and oxygen atoms in total. The molecule has 1 unspecified atom stereocenters. The molecule has 1 atom stereocenters. The number of aryl methyl sites for hydroxylation is 2. The Kier molecular flexibility index (Phi) is 4.71. The van der Waals surface area contributed by atoms with Crippen LogP contribution >= 0.6 is 43.5 Å². The highest BCUT2D eigenvalue weighted by molar-refractivity contribution is 9.10. The van der Waals surface area contributed by atoms with Crippen LogP contribution in [0.15, 0.2) is 27.1 Å². The fourth-order valence-corrected chi connectivity index (χ4v) is 3.41. The first kappa shape index (κ1) is 15.0. The molecule has 102 valence electrons. The van der Waals surface area contributed by atoms with Crippen molar-refractivity contribution < 1.29 is 5.11 Å². The van der Waals surface area contributed by atoms with Gasteiger partial charge in [0.05, 0.1) is 22.0 Å². The summed E-state index contributed by atoms with van der Waals surface area (Å²) in [7, 11) is 1.87. The zero-order chi connectivity index (χ0) is 14.2. The van der Waals surface area contributed by atoms with Gasteiger partial charge in [0, 0.05) is 23.0 Å². The van der Waals surface area contributed by atoms with Gasteiger partial charge in [0.15, 0.2) is 0 Å². The highest BCUT2D eigenvalue weighted by Crippen LogP contribution is 2.31. The monoisotopic (exact) mass is 406 g/mol. The average Bonchev–Trinajstić information content (AvgIpc) is 2.56. The lowest BCUT2D eigenvalue weighted by atomic mass is 10.0. The minimum Gasteiger partial charge on any atom is -0.388 e. The van der Waals surface area contributed by atoms with E-state index in [2.05, 4.69) is 37.0 Å². The molecule has 0 aliphatic heterocycles. The van der Waals surface area contributed by atoms with Gasteiger partial charge in [-0.05, 0) is 40.5 Å². The highest BCUT2D eigenvalue weighted by Gasteiger charge is 2.18. The summed E-state index contributed by atoms with van der Waals surface area (Å²) in [6.07, 6.45) is -0.129. The number of rotatable bonds is 3. The van der Waals surface area contributed by atoms with E-state index in [4.69, 9.17) is 11.6 Å². The number of halogens is 3. The number of benzene rings is 1. The molecule has 1 aromatic heterocycles. The van der Waals surface area contributed by atoms with Crippen molar-refractivity contribution in [2.24, 2.45) is 7.05 Å². The van der Waals surface area contributed by atoms with Crippen molar-refractivity contribution >= 4 is 43.5 Å². The van der Waals surface area contributed by atoms with E-state index in [-0.39, 0.29) is 0 Å². The Hall–Kier alpha value is -0.360. The van der Waals surface area contributed by atoms with Crippen molar-refractivity contribution in [3.63, 3.8) is 0 Å². The van der Waals surface area contributed by atoms with Crippen LogP contribution in [-0.4, -0.2) is 14.9 Å². The molecule has 0 amide bonds. The first-order valence-electron chi connectivity index (χ1n) is 5.71. The largest absolute Gasteiger partial charge is 0.388 e. The number of aliphatic hydroxyl groups excluding tert-OH is 1. The Morgan fingerprint density at radius 1 is 1.42 bits per heavy atom. The molecule has 0 aliphatic rings. The lowest BCUT2D eigenvalue weighted by molar-refractivity contribution is 0.175. The third kappa shape index (κ3) is 3.21. The molecule has 1 heterocycles. The molecule has 0 saturated heterocycles. The van der Waals surface area contributed by atoms with E-state index in [1.54, 1.807) is 16.8 Å². The predicted octanol–water partition coefficient (Wildman–Crippen LogP) is 4.18. The molecule has 2 aromatic rings. The second kappa shape index (κ2) is 5.95. The van der Waals surface area contributed by atoms with Gasteiger partial charge in [-0.2, -0.15) is 5.10 Å². The third-order valence-electron chi connectivity index (χ3n) is 2.97. The quantitative estimate of drug-likeness (QED) is 0.827. The maximum absolute atomic E-state index is 10.4. The summed E-state index contributed by atoms with van der Waals surface area (Å²) in [6, 6.07) is 5.38. The van der Waals surface area contributed by atoms with Gasteiger partial charge in [-0.1, -0.05) is 33.6 Å². The van der Waals surface area contributed by atoms with Crippen molar-refractivity contribution in [3.8, 4) is 0 Å². The minimum absolute atomic E-state index is 0.484. The van der Waals surface area contributed by atoms with Crippen molar-refractivity contribution in [1.29, 1.82) is 0 Å². The minimum atomic E-state index is -0.613.